The molecule has 4 saturated carbocycles. The Labute approximate surface area is 151 Å². The van der Waals surface area contributed by atoms with E-state index in [4.69, 9.17) is 0 Å². The maximum Gasteiger partial charge on any atom is 0.133 e. The molecule has 140 valence electrons. The lowest BCUT2D eigenvalue weighted by molar-refractivity contribution is -0.174. The average Bonchev–Trinajstić information content (AvgIpc) is 2.77. The van der Waals surface area contributed by atoms with Crippen molar-refractivity contribution < 1.29 is 14.7 Å². The largest absolute Gasteiger partial charge is 0.393 e. The van der Waals surface area contributed by atoms with E-state index in [1.807, 2.05) is 0 Å². The number of aliphatic hydroxyl groups excluding tert-OH is 1. The van der Waals surface area contributed by atoms with Crippen LogP contribution in [0.15, 0.2) is 0 Å². The van der Waals surface area contributed by atoms with Gasteiger partial charge in [0.25, 0.3) is 0 Å². The first-order valence-electron chi connectivity index (χ1n) is 10.4. The average molecular weight is 347 g/mol. The molecule has 0 aromatic carbocycles. The van der Waals surface area contributed by atoms with Crippen LogP contribution >= 0.6 is 0 Å². The fourth-order valence-electron chi connectivity index (χ4n) is 8.40. The molecule has 3 nitrogen and oxygen atoms in total. The lowest BCUT2D eigenvalue weighted by atomic mass is 9.44. The topological polar surface area (TPSA) is 54.4 Å². The smallest absolute Gasteiger partial charge is 0.133 e. The van der Waals surface area contributed by atoms with Crippen LogP contribution in [0.2, 0.25) is 0 Å². The Morgan fingerprint density at radius 2 is 1.92 bits per heavy atom. The molecule has 0 aromatic heterocycles. The molecule has 4 aliphatic rings. The molecule has 9 atom stereocenters. The highest BCUT2D eigenvalue weighted by Crippen LogP contribution is 2.68. The van der Waals surface area contributed by atoms with E-state index in [1.165, 1.54) is 0 Å². The van der Waals surface area contributed by atoms with Crippen molar-refractivity contribution in [3.8, 4) is 0 Å². The van der Waals surface area contributed by atoms with E-state index in [2.05, 4.69) is 20.8 Å². The van der Waals surface area contributed by atoms with Gasteiger partial charge in [0.1, 0.15) is 11.6 Å². The van der Waals surface area contributed by atoms with E-state index in [0.717, 1.165) is 38.5 Å². The summed E-state index contributed by atoms with van der Waals surface area (Å²) in [4.78, 5) is 24.4. The van der Waals surface area contributed by atoms with Gasteiger partial charge in [-0.1, -0.05) is 20.8 Å². The monoisotopic (exact) mass is 346 g/mol. The molecule has 1 N–H and O–H groups in total. The lowest BCUT2D eigenvalue weighted by Gasteiger charge is -2.61. The third kappa shape index (κ3) is 2.33. The molecule has 0 radical (unpaired) electrons. The zero-order valence-electron chi connectivity index (χ0n) is 16.3. The number of rotatable bonds is 1. The summed E-state index contributed by atoms with van der Waals surface area (Å²) >= 11 is 0. The van der Waals surface area contributed by atoms with Gasteiger partial charge in [0.15, 0.2) is 0 Å². The Morgan fingerprint density at radius 3 is 2.60 bits per heavy atom. The highest BCUT2D eigenvalue weighted by Gasteiger charge is 2.64. The molecule has 0 spiro atoms. The Balaban J connectivity index is 1.70. The molecule has 4 aliphatic carbocycles. The zero-order valence-corrected chi connectivity index (χ0v) is 16.3. The Kier molecular flexibility index (Phi) is 4.00. The van der Waals surface area contributed by atoms with Crippen molar-refractivity contribution in [1.82, 2.24) is 0 Å². The first-order chi connectivity index (χ1) is 11.7. The molecule has 0 bridgehead atoms. The molecule has 0 aromatic rings. The van der Waals surface area contributed by atoms with Crippen LogP contribution in [-0.2, 0) is 9.59 Å². The summed E-state index contributed by atoms with van der Waals surface area (Å²) in [6.45, 7) is 8.63. The van der Waals surface area contributed by atoms with E-state index in [-0.39, 0.29) is 22.9 Å². The van der Waals surface area contributed by atoms with E-state index >= 15 is 0 Å². The van der Waals surface area contributed by atoms with Crippen LogP contribution in [0, 0.1) is 46.3 Å². The molecule has 0 unspecified atom stereocenters. The van der Waals surface area contributed by atoms with Crippen LogP contribution in [0.4, 0.5) is 0 Å². The number of carbonyl (C=O) groups excluding carboxylic acids is 2. The summed E-state index contributed by atoms with van der Waals surface area (Å²) in [5, 5.41) is 11.3. The van der Waals surface area contributed by atoms with Crippen LogP contribution in [0.5, 0.6) is 0 Å². The van der Waals surface area contributed by atoms with Gasteiger partial charge in [-0.15, -0.1) is 0 Å². The molecule has 0 saturated heterocycles. The number of aliphatic hydroxyl groups is 1. The van der Waals surface area contributed by atoms with Gasteiger partial charge in [-0.3, -0.25) is 9.59 Å². The quantitative estimate of drug-likeness (QED) is 0.780. The van der Waals surface area contributed by atoms with Gasteiger partial charge >= 0.3 is 0 Å². The van der Waals surface area contributed by atoms with Crippen LogP contribution in [-0.4, -0.2) is 22.8 Å². The van der Waals surface area contributed by atoms with Crippen molar-refractivity contribution in [3.63, 3.8) is 0 Å². The number of Topliss-reactive ketones (excluding diaryl/α,β-unsaturated/α-hetero) is 2. The first-order valence-corrected chi connectivity index (χ1v) is 10.4. The number of hydrogen-bond donors (Lipinski definition) is 1. The van der Waals surface area contributed by atoms with E-state index < -0.39 is 0 Å². The number of carbonyl (C=O) groups is 2. The number of fused-ring (bicyclic) bond motifs is 5. The molecule has 4 rings (SSSR count). The summed E-state index contributed by atoms with van der Waals surface area (Å²) in [6, 6.07) is 0. The second kappa shape index (κ2) is 5.65. The van der Waals surface area contributed by atoms with Gasteiger partial charge in [-0.2, -0.15) is 0 Å². The van der Waals surface area contributed by atoms with Gasteiger partial charge in [-0.25, -0.2) is 0 Å². The molecular weight excluding hydrogens is 312 g/mol. The van der Waals surface area contributed by atoms with Gasteiger partial charge in [0.2, 0.25) is 0 Å². The zero-order chi connectivity index (χ0) is 18.1. The SMILES string of the molecule is CC(=O)[C@H]1[C@H](C)C[C@H]2[C@@H]3CC[C@H]4CC(=O)CC[C@]4(C)[C@H]3[C@H](O)C[C@@]21C. The van der Waals surface area contributed by atoms with E-state index in [1.54, 1.807) is 6.92 Å². The Hall–Kier alpha value is -0.700. The predicted molar refractivity (Wildman–Crippen MR) is 96.8 cm³/mol. The number of hydrogen-bond acceptors (Lipinski definition) is 3. The van der Waals surface area contributed by atoms with Crippen molar-refractivity contribution in [2.24, 2.45) is 46.3 Å². The minimum absolute atomic E-state index is 0.0421. The van der Waals surface area contributed by atoms with Crippen LogP contribution < -0.4 is 0 Å². The highest BCUT2D eigenvalue weighted by molar-refractivity contribution is 5.80. The van der Waals surface area contributed by atoms with Gasteiger partial charge < -0.3 is 5.11 Å². The second-order valence-electron chi connectivity index (χ2n) is 10.4. The predicted octanol–water partition coefficient (Wildman–Crippen LogP) is 4.02. The van der Waals surface area contributed by atoms with Gasteiger partial charge in [-0.05, 0) is 79.4 Å². The standard InChI is InChI=1S/C22H34O3/c1-12-9-17-16-6-5-14-10-15(24)7-8-21(14,3)20(16)18(25)11-22(17,4)19(12)13(2)23/h12,14,16-20,25H,5-11H2,1-4H3/t12-,14+,16+,17+,18-,19-,20-,21+,22+/m1/s1. The van der Waals surface area contributed by atoms with Crippen LogP contribution in [0.25, 0.3) is 0 Å². The van der Waals surface area contributed by atoms with E-state index in [9.17, 15) is 14.7 Å². The summed E-state index contributed by atoms with van der Waals surface area (Å²) in [5.41, 5.74) is 0.0641. The summed E-state index contributed by atoms with van der Waals surface area (Å²) in [6.07, 6.45) is 6.20. The molecule has 3 heteroatoms. The number of ketones is 2. The summed E-state index contributed by atoms with van der Waals surface area (Å²) in [5.74, 6) is 3.11. The van der Waals surface area contributed by atoms with Crippen molar-refractivity contribution in [1.29, 1.82) is 0 Å². The summed E-state index contributed by atoms with van der Waals surface area (Å²) < 4.78 is 0. The van der Waals surface area contributed by atoms with Crippen molar-refractivity contribution in [2.75, 3.05) is 0 Å². The van der Waals surface area contributed by atoms with Crippen molar-refractivity contribution in [2.45, 2.75) is 78.7 Å². The maximum absolute atomic E-state index is 12.4. The molecular formula is C22H34O3. The summed E-state index contributed by atoms with van der Waals surface area (Å²) in [7, 11) is 0. The third-order valence-electron chi connectivity index (χ3n) is 9.19. The van der Waals surface area contributed by atoms with Crippen LogP contribution in [0.1, 0.15) is 72.6 Å². The minimum Gasteiger partial charge on any atom is -0.393 e. The molecule has 0 aliphatic heterocycles. The van der Waals surface area contributed by atoms with Gasteiger partial charge in [0.05, 0.1) is 6.10 Å². The van der Waals surface area contributed by atoms with Crippen molar-refractivity contribution in [3.05, 3.63) is 0 Å². The van der Waals surface area contributed by atoms with E-state index in [0.29, 0.717) is 47.6 Å². The van der Waals surface area contributed by atoms with Gasteiger partial charge in [0, 0.05) is 18.8 Å². The Bertz CT molecular complexity index is 598. The second-order valence-corrected chi connectivity index (χ2v) is 10.4. The minimum atomic E-state index is -0.320. The maximum atomic E-state index is 12.4. The normalized spacial score (nSPS) is 55.2. The Morgan fingerprint density at radius 1 is 1.20 bits per heavy atom. The molecule has 25 heavy (non-hydrogen) atoms. The lowest BCUT2D eigenvalue weighted by Crippen LogP contribution is -2.59. The van der Waals surface area contributed by atoms with Crippen LogP contribution in [0.3, 0.4) is 0 Å². The third-order valence-corrected chi connectivity index (χ3v) is 9.19. The molecule has 0 heterocycles. The first kappa shape index (κ1) is 17.7. The molecule has 4 fully saturated rings. The molecule has 0 amide bonds. The fourth-order valence-corrected chi connectivity index (χ4v) is 8.40. The van der Waals surface area contributed by atoms with Crippen molar-refractivity contribution >= 4 is 11.6 Å². The fraction of sp³-hybridized carbons (Fsp3) is 0.909. The highest BCUT2D eigenvalue weighted by atomic mass is 16.3.